The lowest BCUT2D eigenvalue weighted by Crippen LogP contribution is -2.38. The molecular weight excluding hydrogens is 174 g/mol. The van der Waals surface area contributed by atoms with E-state index in [0.717, 1.165) is 18.4 Å². The first-order valence-electron chi connectivity index (χ1n) is 5.81. The van der Waals surface area contributed by atoms with Crippen molar-refractivity contribution in [2.75, 3.05) is 20.3 Å². The van der Waals surface area contributed by atoms with Crippen molar-refractivity contribution >= 4 is 0 Å². The molecule has 1 aliphatic heterocycles. The first kappa shape index (κ1) is 12.0. The lowest BCUT2D eigenvalue weighted by Gasteiger charge is -2.27. The van der Waals surface area contributed by atoms with Crippen LogP contribution in [0.4, 0.5) is 0 Å². The Morgan fingerprint density at radius 1 is 1.29 bits per heavy atom. The fourth-order valence-electron chi connectivity index (χ4n) is 2.45. The van der Waals surface area contributed by atoms with Crippen LogP contribution in [0, 0.1) is 11.8 Å². The summed E-state index contributed by atoms with van der Waals surface area (Å²) in [6, 6.07) is 1.30. The van der Waals surface area contributed by atoms with Gasteiger partial charge in [-0.05, 0) is 32.1 Å². The van der Waals surface area contributed by atoms with E-state index in [-0.39, 0.29) is 0 Å². The average Bonchev–Trinajstić information content (AvgIpc) is 2.49. The molecule has 2 heteroatoms. The van der Waals surface area contributed by atoms with Crippen molar-refractivity contribution in [2.45, 2.75) is 46.2 Å². The van der Waals surface area contributed by atoms with E-state index in [0.29, 0.717) is 12.1 Å². The minimum absolute atomic E-state index is 0.646. The second-order valence-electron chi connectivity index (χ2n) is 5.14. The summed E-state index contributed by atoms with van der Waals surface area (Å²) in [5, 5.41) is 0. The van der Waals surface area contributed by atoms with Gasteiger partial charge >= 0.3 is 0 Å². The smallest absolute Gasteiger partial charge is 0.0618 e. The van der Waals surface area contributed by atoms with E-state index in [4.69, 9.17) is 4.74 Å². The Bertz CT molecular complexity index is 168. The maximum Gasteiger partial charge on any atom is 0.0618 e. The van der Waals surface area contributed by atoms with E-state index in [1.807, 2.05) is 0 Å². The standard InChI is InChI=1S/C12H25NO/c1-9(2)11-6-12(8-14-5)13(7-11)10(3)4/h9-12H,6-8H2,1-5H3. The quantitative estimate of drug-likeness (QED) is 0.689. The summed E-state index contributed by atoms with van der Waals surface area (Å²) in [4.78, 5) is 2.59. The zero-order valence-electron chi connectivity index (χ0n) is 10.3. The molecule has 0 amide bonds. The van der Waals surface area contributed by atoms with E-state index in [9.17, 15) is 0 Å². The fourth-order valence-corrected chi connectivity index (χ4v) is 2.45. The molecular formula is C12H25NO. The van der Waals surface area contributed by atoms with Crippen molar-refractivity contribution in [1.29, 1.82) is 0 Å². The monoisotopic (exact) mass is 199 g/mol. The van der Waals surface area contributed by atoms with Gasteiger partial charge in [0.1, 0.15) is 0 Å². The SMILES string of the molecule is COCC1CC(C(C)C)CN1C(C)C. The Morgan fingerprint density at radius 2 is 1.93 bits per heavy atom. The molecule has 1 heterocycles. The molecule has 0 aromatic heterocycles. The summed E-state index contributed by atoms with van der Waals surface area (Å²) in [6.07, 6.45) is 1.31. The molecule has 0 spiro atoms. The molecule has 0 aromatic carbocycles. The van der Waals surface area contributed by atoms with Crippen LogP contribution in [-0.4, -0.2) is 37.2 Å². The highest BCUT2D eigenvalue weighted by atomic mass is 16.5. The van der Waals surface area contributed by atoms with Gasteiger partial charge in [-0.15, -0.1) is 0 Å². The van der Waals surface area contributed by atoms with Gasteiger partial charge in [0.25, 0.3) is 0 Å². The van der Waals surface area contributed by atoms with Gasteiger partial charge in [0.15, 0.2) is 0 Å². The second kappa shape index (κ2) is 5.13. The van der Waals surface area contributed by atoms with Gasteiger partial charge in [-0.25, -0.2) is 0 Å². The molecule has 0 aromatic rings. The number of rotatable bonds is 4. The zero-order chi connectivity index (χ0) is 10.7. The third-order valence-corrected chi connectivity index (χ3v) is 3.45. The Labute approximate surface area is 88.6 Å². The molecule has 1 fully saturated rings. The van der Waals surface area contributed by atoms with Gasteiger partial charge in [0, 0.05) is 25.7 Å². The summed E-state index contributed by atoms with van der Waals surface area (Å²) in [5.74, 6) is 1.66. The first-order chi connectivity index (χ1) is 6.56. The lowest BCUT2D eigenvalue weighted by molar-refractivity contribution is 0.0981. The predicted octanol–water partition coefficient (Wildman–Crippen LogP) is 2.39. The normalized spacial score (nSPS) is 29.4. The lowest BCUT2D eigenvalue weighted by atomic mass is 9.93. The van der Waals surface area contributed by atoms with Crippen molar-refractivity contribution in [3.05, 3.63) is 0 Å². The Morgan fingerprint density at radius 3 is 2.36 bits per heavy atom. The maximum atomic E-state index is 5.29. The molecule has 2 unspecified atom stereocenters. The third-order valence-electron chi connectivity index (χ3n) is 3.45. The van der Waals surface area contributed by atoms with Gasteiger partial charge < -0.3 is 4.74 Å². The minimum atomic E-state index is 0.646. The highest BCUT2D eigenvalue weighted by Crippen LogP contribution is 2.30. The maximum absolute atomic E-state index is 5.29. The zero-order valence-corrected chi connectivity index (χ0v) is 10.3. The molecule has 1 rings (SSSR count). The predicted molar refractivity (Wildman–Crippen MR) is 60.5 cm³/mol. The molecule has 84 valence electrons. The number of hydrogen-bond donors (Lipinski definition) is 0. The molecule has 1 saturated heterocycles. The van der Waals surface area contributed by atoms with E-state index >= 15 is 0 Å². The van der Waals surface area contributed by atoms with Crippen LogP contribution < -0.4 is 0 Å². The average molecular weight is 199 g/mol. The van der Waals surface area contributed by atoms with Crippen LogP contribution in [0.2, 0.25) is 0 Å². The van der Waals surface area contributed by atoms with E-state index in [1.165, 1.54) is 13.0 Å². The topological polar surface area (TPSA) is 12.5 Å². The highest BCUT2D eigenvalue weighted by Gasteiger charge is 2.34. The van der Waals surface area contributed by atoms with Crippen LogP contribution in [-0.2, 0) is 4.74 Å². The largest absolute Gasteiger partial charge is 0.383 e. The van der Waals surface area contributed by atoms with Gasteiger partial charge in [-0.2, -0.15) is 0 Å². The number of likely N-dealkylation sites (tertiary alicyclic amines) is 1. The van der Waals surface area contributed by atoms with Crippen molar-refractivity contribution in [3.8, 4) is 0 Å². The van der Waals surface area contributed by atoms with Crippen molar-refractivity contribution in [2.24, 2.45) is 11.8 Å². The number of hydrogen-bond acceptors (Lipinski definition) is 2. The molecule has 0 saturated carbocycles. The summed E-state index contributed by atoms with van der Waals surface area (Å²) >= 11 is 0. The van der Waals surface area contributed by atoms with E-state index < -0.39 is 0 Å². The number of nitrogens with zero attached hydrogens (tertiary/aromatic N) is 1. The molecule has 2 nitrogen and oxygen atoms in total. The summed E-state index contributed by atoms with van der Waals surface area (Å²) < 4.78 is 5.29. The van der Waals surface area contributed by atoms with Crippen LogP contribution >= 0.6 is 0 Å². The first-order valence-corrected chi connectivity index (χ1v) is 5.81. The summed E-state index contributed by atoms with van der Waals surface area (Å²) in [5.41, 5.74) is 0. The summed E-state index contributed by atoms with van der Waals surface area (Å²) in [6.45, 7) is 11.4. The molecule has 0 bridgehead atoms. The van der Waals surface area contributed by atoms with E-state index in [2.05, 4.69) is 32.6 Å². The molecule has 0 radical (unpaired) electrons. The van der Waals surface area contributed by atoms with Gasteiger partial charge in [-0.3, -0.25) is 4.90 Å². The van der Waals surface area contributed by atoms with Gasteiger partial charge in [-0.1, -0.05) is 13.8 Å². The number of ether oxygens (including phenoxy) is 1. The highest BCUT2D eigenvalue weighted by molar-refractivity contribution is 4.88. The molecule has 0 N–H and O–H groups in total. The third kappa shape index (κ3) is 2.71. The molecule has 2 atom stereocenters. The van der Waals surface area contributed by atoms with Crippen LogP contribution in [0.15, 0.2) is 0 Å². The number of methoxy groups -OCH3 is 1. The van der Waals surface area contributed by atoms with Crippen LogP contribution in [0.5, 0.6) is 0 Å². The second-order valence-corrected chi connectivity index (χ2v) is 5.14. The molecule has 0 aliphatic carbocycles. The molecule has 1 aliphatic rings. The molecule has 14 heavy (non-hydrogen) atoms. The summed E-state index contributed by atoms with van der Waals surface area (Å²) in [7, 11) is 1.81. The van der Waals surface area contributed by atoms with Crippen molar-refractivity contribution in [3.63, 3.8) is 0 Å². The van der Waals surface area contributed by atoms with Crippen molar-refractivity contribution < 1.29 is 4.74 Å². The van der Waals surface area contributed by atoms with Gasteiger partial charge in [0.05, 0.1) is 6.61 Å². The van der Waals surface area contributed by atoms with E-state index in [1.54, 1.807) is 7.11 Å². The minimum Gasteiger partial charge on any atom is -0.383 e. The van der Waals surface area contributed by atoms with Crippen LogP contribution in [0.3, 0.4) is 0 Å². The van der Waals surface area contributed by atoms with Crippen LogP contribution in [0.1, 0.15) is 34.1 Å². The Balaban J connectivity index is 2.55. The Kier molecular flexibility index (Phi) is 4.39. The van der Waals surface area contributed by atoms with Crippen molar-refractivity contribution in [1.82, 2.24) is 4.90 Å². The van der Waals surface area contributed by atoms with Gasteiger partial charge in [0.2, 0.25) is 0 Å². The fraction of sp³-hybridized carbons (Fsp3) is 1.00. The Hall–Kier alpha value is -0.0800. The van der Waals surface area contributed by atoms with Crippen LogP contribution in [0.25, 0.3) is 0 Å².